The van der Waals surface area contributed by atoms with Gasteiger partial charge in [0.15, 0.2) is 0 Å². The maximum atomic E-state index is 12.4. The summed E-state index contributed by atoms with van der Waals surface area (Å²) in [6, 6.07) is 0. The second-order valence-corrected chi connectivity index (χ2v) is 7.30. The van der Waals surface area contributed by atoms with Gasteiger partial charge in [-0.2, -0.15) is 0 Å². The fraction of sp³-hybridized carbons (Fsp3) is 0.905. The largest absolute Gasteiger partial charge is 0.396 e. The summed E-state index contributed by atoms with van der Waals surface area (Å²) >= 11 is 0. The highest BCUT2D eigenvalue weighted by atomic mass is 16.3. The lowest BCUT2D eigenvalue weighted by Crippen LogP contribution is -2.36. The van der Waals surface area contributed by atoms with Gasteiger partial charge in [-0.1, -0.05) is 39.5 Å². The van der Waals surface area contributed by atoms with Gasteiger partial charge in [0.1, 0.15) is 0 Å². The molecular weight excluding hydrogens is 344 g/mol. The molecule has 0 aliphatic heterocycles. The summed E-state index contributed by atoms with van der Waals surface area (Å²) in [6.07, 6.45) is 9.56. The molecule has 27 heavy (non-hydrogen) atoms. The average Bonchev–Trinajstić information content (AvgIpc) is 2.67. The second-order valence-electron chi connectivity index (χ2n) is 7.30. The van der Waals surface area contributed by atoms with E-state index in [9.17, 15) is 9.59 Å². The van der Waals surface area contributed by atoms with E-state index in [4.69, 9.17) is 10.2 Å². The van der Waals surface area contributed by atoms with Gasteiger partial charge in [0.25, 0.3) is 0 Å². The van der Waals surface area contributed by atoms with Gasteiger partial charge in [-0.3, -0.25) is 9.59 Å². The van der Waals surface area contributed by atoms with Crippen LogP contribution in [0.5, 0.6) is 0 Å². The van der Waals surface area contributed by atoms with Crippen molar-refractivity contribution in [2.45, 2.75) is 84.5 Å². The van der Waals surface area contributed by atoms with Gasteiger partial charge in [0, 0.05) is 38.1 Å². The molecule has 0 fully saturated rings. The van der Waals surface area contributed by atoms with E-state index >= 15 is 0 Å². The predicted molar refractivity (Wildman–Crippen MR) is 109 cm³/mol. The fourth-order valence-corrected chi connectivity index (χ4v) is 3.15. The van der Waals surface area contributed by atoms with Gasteiger partial charge in [-0.15, -0.1) is 0 Å². The van der Waals surface area contributed by atoms with Crippen molar-refractivity contribution in [3.8, 4) is 0 Å². The summed E-state index contributed by atoms with van der Waals surface area (Å²) in [5, 5.41) is 23.5. The second kappa shape index (κ2) is 18.2. The summed E-state index contributed by atoms with van der Waals surface area (Å²) in [5.74, 6) is -0.143. The lowest BCUT2D eigenvalue weighted by molar-refractivity contribution is -0.128. The first-order chi connectivity index (χ1) is 13.1. The molecule has 6 heteroatoms. The zero-order chi connectivity index (χ0) is 20.3. The number of hydrogen-bond donors (Lipinski definition) is 4. The van der Waals surface area contributed by atoms with Crippen molar-refractivity contribution in [3.05, 3.63) is 0 Å². The van der Waals surface area contributed by atoms with Crippen LogP contribution < -0.4 is 10.6 Å². The van der Waals surface area contributed by atoms with E-state index in [0.717, 1.165) is 64.2 Å². The third-order valence-corrected chi connectivity index (χ3v) is 5.06. The Morgan fingerprint density at radius 1 is 0.667 bits per heavy atom. The number of hydrogen-bond acceptors (Lipinski definition) is 4. The molecule has 2 amide bonds. The van der Waals surface area contributed by atoms with Gasteiger partial charge >= 0.3 is 0 Å². The molecule has 0 saturated heterocycles. The maximum Gasteiger partial charge on any atom is 0.223 e. The van der Waals surface area contributed by atoms with E-state index < -0.39 is 0 Å². The predicted octanol–water partition coefficient (Wildman–Crippen LogP) is 2.77. The number of carbonyl (C=O) groups is 2. The van der Waals surface area contributed by atoms with Gasteiger partial charge in [0.2, 0.25) is 11.8 Å². The van der Waals surface area contributed by atoms with Crippen LogP contribution >= 0.6 is 0 Å². The molecular formula is C21H42N2O4. The molecule has 0 spiro atoms. The van der Waals surface area contributed by atoms with E-state index in [1.165, 1.54) is 0 Å². The molecule has 0 aliphatic carbocycles. The first kappa shape index (κ1) is 25.9. The normalized spacial score (nSPS) is 13.2. The molecule has 4 N–H and O–H groups in total. The smallest absolute Gasteiger partial charge is 0.223 e. The minimum absolute atomic E-state index is 0.0508. The topological polar surface area (TPSA) is 98.7 Å². The molecule has 6 nitrogen and oxygen atoms in total. The lowest BCUT2D eigenvalue weighted by atomic mass is 9.89. The van der Waals surface area contributed by atoms with Crippen LogP contribution in [0.25, 0.3) is 0 Å². The highest BCUT2D eigenvalue weighted by Gasteiger charge is 2.24. The van der Waals surface area contributed by atoms with Gasteiger partial charge in [0.05, 0.1) is 0 Å². The van der Waals surface area contributed by atoms with Crippen molar-refractivity contribution < 1.29 is 19.8 Å². The van der Waals surface area contributed by atoms with E-state index in [2.05, 4.69) is 10.6 Å². The Labute approximate surface area is 165 Å². The van der Waals surface area contributed by atoms with Crippen molar-refractivity contribution >= 4 is 11.8 Å². The molecule has 0 aromatic carbocycles. The zero-order valence-corrected chi connectivity index (χ0v) is 17.5. The van der Waals surface area contributed by atoms with Crippen LogP contribution in [0.15, 0.2) is 0 Å². The van der Waals surface area contributed by atoms with Crippen molar-refractivity contribution in [1.29, 1.82) is 0 Å². The van der Waals surface area contributed by atoms with Crippen LogP contribution in [-0.2, 0) is 9.59 Å². The highest BCUT2D eigenvalue weighted by Crippen LogP contribution is 2.19. The summed E-state index contributed by atoms with van der Waals surface area (Å²) in [6.45, 7) is 5.78. The number of amides is 2. The van der Waals surface area contributed by atoms with E-state index in [0.29, 0.717) is 19.5 Å². The molecule has 0 radical (unpaired) electrons. The molecule has 0 aliphatic rings. The Kier molecular flexibility index (Phi) is 17.5. The third-order valence-electron chi connectivity index (χ3n) is 5.06. The van der Waals surface area contributed by atoms with Crippen LogP contribution in [0.3, 0.4) is 0 Å². The molecule has 2 unspecified atom stereocenters. The Bertz CT molecular complexity index is 343. The van der Waals surface area contributed by atoms with Crippen LogP contribution in [0.1, 0.15) is 84.5 Å². The quantitative estimate of drug-likeness (QED) is 0.272. The van der Waals surface area contributed by atoms with Crippen molar-refractivity contribution in [2.24, 2.45) is 11.8 Å². The molecule has 0 rings (SSSR count). The zero-order valence-electron chi connectivity index (χ0n) is 17.5. The first-order valence-corrected chi connectivity index (χ1v) is 10.9. The average molecular weight is 387 g/mol. The van der Waals surface area contributed by atoms with Gasteiger partial charge in [-0.05, 0) is 44.9 Å². The molecule has 0 saturated carbocycles. The summed E-state index contributed by atoms with van der Waals surface area (Å²) in [7, 11) is 0. The Balaban J connectivity index is 4.13. The minimum Gasteiger partial charge on any atom is -0.396 e. The minimum atomic E-state index is -0.123. The van der Waals surface area contributed by atoms with Crippen LogP contribution in [0.2, 0.25) is 0 Å². The molecule has 0 aromatic rings. The number of unbranched alkanes of at least 4 members (excludes halogenated alkanes) is 6. The third kappa shape index (κ3) is 13.6. The van der Waals surface area contributed by atoms with Crippen molar-refractivity contribution in [1.82, 2.24) is 10.6 Å². The standard InChI is InChI=1S/C21H42N2O4/c1-3-18(20(26)22-13-9-5-7-11-15-24)17-19(4-2)21(27)23-14-10-6-8-12-16-25/h18-19,24-25H,3-17H2,1-2H3,(H,22,26)(H,23,27). The fourth-order valence-electron chi connectivity index (χ4n) is 3.15. The summed E-state index contributed by atoms with van der Waals surface area (Å²) in [4.78, 5) is 24.8. The van der Waals surface area contributed by atoms with Crippen LogP contribution in [-0.4, -0.2) is 48.3 Å². The van der Waals surface area contributed by atoms with Gasteiger partial charge in [-0.25, -0.2) is 0 Å². The summed E-state index contributed by atoms with van der Waals surface area (Å²) < 4.78 is 0. The first-order valence-electron chi connectivity index (χ1n) is 10.9. The number of aliphatic hydroxyl groups excluding tert-OH is 2. The van der Waals surface area contributed by atoms with E-state index in [1.54, 1.807) is 0 Å². The van der Waals surface area contributed by atoms with Crippen LogP contribution in [0.4, 0.5) is 0 Å². The maximum absolute atomic E-state index is 12.4. The summed E-state index contributed by atoms with van der Waals surface area (Å²) in [5.41, 5.74) is 0. The van der Waals surface area contributed by atoms with E-state index in [-0.39, 0.29) is 36.9 Å². The van der Waals surface area contributed by atoms with Gasteiger partial charge < -0.3 is 20.8 Å². The SMILES string of the molecule is CCC(CC(CC)C(=O)NCCCCCCO)C(=O)NCCCCCCO. The number of carbonyl (C=O) groups excluding carboxylic acids is 2. The van der Waals surface area contributed by atoms with Crippen LogP contribution in [0, 0.1) is 11.8 Å². The lowest BCUT2D eigenvalue weighted by Gasteiger charge is -2.21. The number of nitrogens with one attached hydrogen (secondary N) is 2. The number of aliphatic hydroxyl groups is 2. The Hall–Kier alpha value is -1.14. The molecule has 0 bridgehead atoms. The van der Waals surface area contributed by atoms with E-state index in [1.807, 2.05) is 13.8 Å². The van der Waals surface area contributed by atoms with Crippen molar-refractivity contribution in [3.63, 3.8) is 0 Å². The highest BCUT2D eigenvalue weighted by molar-refractivity contribution is 5.81. The monoisotopic (exact) mass is 386 g/mol. The van der Waals surface area contributed by atoms with Crippen molar-refractivity contribution in [2.75, 3.05) is 26.3 Å². The Morgan fingerprint density at radius 2 is 1.04 bits per heavy atom. The molecule has 0 heterocycles. The Morgan fingerprint density at radius 3 is 1.37 bits per heavy atom. The molecule has 0 aromatic heterocycles. The number of rotatable bonds is 18. The molecule has 160 valence electrons. The molecule has 2 atom stereocenters.